The van der Waals surface area contributed by atoms with E-state index in [4.69, 9.17) is 17.0 Å². The standard InChI is InChI=1S/C17H22N4O2S/c1-11(2)15-19-20-17(24)21(15)9-8-18-16(22)14-13-6-4-3-5-12(13)7-10-23-14/h3-6,11,14H,7-10H2,1-2H3,(H,18,22)(H,20,24)/t14-/m1/s1. The van der Waals surface area contributed by atoms with Crippen molar-refractivity contribution < 1.29 is 9.53 Å². The number of H-pyrrole nitrogens is 1. The Hall–Kier alpha value is -1.99. The maximum Gasteiger partial charge on any atom is 0.253 e. The van der Waals surface area contributed by atoms with Crippen LogP contribution in [0.1, 0.15) is 42.8 Å². The maximum absolute atomic E-state index is 12.5. The van der Waals surface area contributed by atoms with Crippen molar-refractivity contribution in [2.24, 2.45) is 0 Å². The van der Waals surface area contributed by atoms with Crippen molar-refractivity contribution >= 4 is 18.1 Å². The van der Waals surface area contributed by atoms with E-state index >= 15 is 0 Å². The van der Waals surface area contributed by atoms with Gasteiger partial charge in [0.2, 0.25) is 0 Å². The lowest BCUT2D eigenvalue weighted by molar-refractivity contribution is -0.134. The van der Waals surface area contributed by atoms with Crippen LogP contribution in [-0.4, -0.2) is 33.8 Å². The summed E-state index contributed by atoms with van der Waals surface area (Å²) in [4.78, 5) is 12.5. The molecule has 2 heterocycles. The van der Waals surface area contributed by atoms with Crippen LogP contribution in [0, 0.1) is 4.77 Å². The SMILES string of the molecule is CC(C)c1n[nH]c(=S)n1CCNC(=O)[C@@H]1OCCc2ccccc21. The molecule has 0 bridgehead atoms. The predicted molar refractivity (Wildman–Crippen MR) is 93.3 cm³/mol. The Labute approximate surface area is 146 Å². The lowest BCUT2D eigenvalue weighted by atomic mass is 9.97. The lowest BCUT2D eigenvalue weighted by Gasteiger charge is -2.25. The Bertz CT molecular complexity index is 781. The molecule has 0 fully saturated rings. The predicted octanol–water partition coefficient (Wildman–Crippen LogP) is 2.49. The van der Waals surface area contributed by atoms with Crippen molar-refractivity contribution in [1.82, 2.24) is 20.1 Å². The third-order valence-corrected chi connectivity index (χ3v) is 4.48. The summed E-state index contributed by atoms with van der Waals surface area (Å²) >= 11 is 5.26. The van der Waals surface area contributed by atoms with Crippen molar-refractivity contribution in [3.8, 4) is 0 Å². The summed E-state index contributed by atoms with van der Waals surface area (Å²) in [6, 6.07) is 7.94. The highest BCUT2D eigenvalue weighted by atomic mass is 32.1. The molecule has 0 radical (unpaired) electrons. The van der Waals surface area contributed by atoms with Gasteiger partial charge in [-0.2, -0.15) is 5.10 Å². The molecule has 3 rings (SSSR count). The normalized spacial score (nSPS) is 16.9. The van der Waals surface area contributed by atoms with Gasteiger partial charge in [0, 0.05) is 19.0 Å². The van der Waals surface area contributed by atoms with Gasteiger partial charge in [-0.3, -0.25) is 9.89 Å². The summed E-state index contributed by atoms with van der Waals surface area (Å²) in [5.74, 6) is 1.05. The fraction of sp³-hybridized carbons (Fsp3) is 0.471. The van der Waals surface area contributed by atoms with Crippen LogP contribution < -0.4 is 5.32 Å². The molecule has 0 aliphatic carbocycles. The number of nitrogens with zero attached hydrogens (tertiary/aromatic N) is 2. The first-order valence-electron chi connectivity index (χ1n) is 8.20. The minimum atomic E-state index is -0.531. The Balaban J connectivity index is 1.63. The molecule has 7 heteroatoms. The second-order valence-electron chi connectivity index (χ2n) is 6.18. The van der Waals surface area contributed by atoms with Gasteiger partial charge in [0.05, 0.1) is 6.61 Å². The van der Waals surface area contributed by atoms with E-state index < -0.39 is 6.10 Å². The zero-order chi connectivity index (χ0) is 17.1. The molecule has 0 unspecified atom stereocenters. The summed E-state index contributed by atoms with van der Waals surface area (Å²) in [5, 5.41) is 10.0. The number of aromatic nitrogens is 3. The van der Waals surface area contributed by atoms with Gasteiger partial charge >= 0.3 is 0 Å². The van der Waals surface area contributed by atoms with E-state index in [1.807, 2.05) is 22.8 Å². The Kier molecular flexibility index (Phi) is 5.11. The molecule has 1 aromatic heterocycles. The number of carbonyl (C=O) groups is 1. The number of ether oxygens (including phenoxy) is 1. The second-order valence-corrected chi connectivity index (χ2v) is 6.57. The summed E-state index contributed by atoms with van der Waals surface area (Å²) in [6.45, 7) is 5.76. The average Bonchev–Trinajstić information content (AvgIpc) is 2.95. The number of amides is 1. The molecule has 1 aliphatic rings. The molecule has 2 aromatic rings. The van der Waals surface area contributed by atoms with Gasteiger partial charge < -0.3 is 14.6 Å². The van der Waals surface area contributed by atoms with Gasteiger partial charge in [0.15, 0.2) is 10.9 Å². The monoisotopic (exact) mass is 346 g/mol. The van der Waals surface area contributed by atoms with E-state index in [1.54, 1.807) is 0 Å². The third-order valence-electron chi connectivity index (χ3n) is 4.17. The van der Waals surface area contributed by atoms with E-state index in [0.29, 0.717) is 24.5 Å². The van der Waals surface area contributed by atoms with Crippen LogP contribution in [0.3, 0.4) is 0 Å². The fourth-order valence-electron chi connectivity index (χ4n) is 2.98. The highest BCUT2D eigenvalue weighted by molar-refractivity contribution is 7.71. The van der Waals surface area contributed by atoms with Crippen LogP contribution in [-0.2, 0) is 22.5 Å². The van der Waals surface area contributed by atoms with E-state index in [1.165, 1.54) is 5.56 Å². The molecule has 1 aromatic carbocycles. The number of aromatic amines is 1. The Morgan fingerprint density at radius 2 is 2.29 bits per heavy atom. The Morgan fingerprint density at radius 3 is 3.08 bits per heavy atom. The topological polar surface area (TPSA) is 71.9 Å². The third kappa shape index (κ3) is 3.42. The first-order valence-corrected chi connectivity index (χ1v) is 8.61. The number of benzene rings is 1. The van der Waals surface area contributed by atoms with Gasteiger partial charge in [-0.05, 0) is 29.8 Å². The van der Waals surface area contributed by atoms with Crippen LogP contribution in [0.5, 0.6) is 0 Å². The van der Waals surface area contributed by atoms with Gasteiger partial charge in [-0.25, -0.2) is 0 Å². The molecule has 2 N–H and O–H groups in total. The van der Waals surface area contributed by atoms with Crippen molar-refractivity contribution in [1.29, 1.82) is 0 Å². The molecule has 24 heavy (non-hydrogen) atoms. The van der Waals surface area contributed by atoms with Crippen LogP contribution in [0.2, 0.25) is 0 Å². The molecule has 0 saturated carbocycles. The Morgan fingerprint density at radius 1 is 1.50 bits per heavy atom. The van der Waals surface area contributed by atoms with Crippen LogP contribution in [0.4, 0.5) is 0 Å². The van der Waals surface area contributed by atoms with E-state index in [0.717, 1.165) is 17.8 Å². The molecule has 0 saturated heterocycles. The van der Waals surface area contributed by atoms with E-state index in [2.05, 4.69) is 35.4 Å². The highest BCUT2D eigenvalue weighted by Gasteiger charge is 2.26. The van der Waals surface area contributed by atoms with Crippen LogP contribution in [0.25, 0.3) is 0 Å². The largest absolute Gasteiger partial charge is 0.363 e. The average molecular weight is 346 g/mol. The zero-order valence-corrected chi connectivity index (χ0v) is 14.7. The van der Waals surface area contributed by atoms with Gasteiger partial charge in [-0.15, -0.1) is 0 Å². The van der Waals surface area contributed by atoms with Crippen molar-refractivity contribution in [3.63, 3.8) is 0 Å². The highest BCUT2D eigenvalue weighted by Crippen LogP contribution is 2.26. The first-order chi connectivity index (χ1) is 11.6. The van der Waals surface area contributed by atoms with Crippen molar-refractivity contribution in [2.45, 2.75) is 38.8 Å². The number of hydrogen-bond acceptors (Lipinski definition) is 4. The number of fused-ring (bicyclic) bond motifs is 1. The van der Waals surface area contributed by atoms with Gasteiger partial charge in [0.1, 0.15) is 5.82 Å². The maximum atomic E-state index is 12.5. The number of rotatable bonds is 5. The molecule has 1 amide bonds. The summed E-state index contributed by atoms with van der Waals surface area (Å²) in [5.41, 5.74) is 2.15. The summed E-state index contributed by atoms with van der Waals surface area (Å²) < 4.78 is 8.18. The number of carbonyl (C=O) groups excluding carboxylic acids is 1. The minimum absolute atomic E-state index is 0.108. The molecular formula is C17H22N4O2S. The van der Waals surface area contributed by atoms with Crippen LogP contribution in [0.15, 0.2) is 24.3 Å². The zero-order valence-electron chi connectivity index (χ0n) is 13.9. The number of nitrogens with one attached hydrogen (secondary N) is 2. The van der Waals surface area contributed by atoms with Crippen molar-refractivity contribution in [3.05, 3.63) is 46.0 Å². The molecule has 1 aliphatic heterocycles. The smallest absolute Gasteiger partial charge is 0.253 e. The van der Waals surface area contributed by atoms with Gasteiger partial charge in [-0.1, -0.05) is 38.1 Å². The van der Waals surface area contributed by atoms with E-state index in [-0.39, 0.29) is 11.8 Å². The first kappa shape index (κ1) is 16.9. The van der Waals surface area contributed by atoms with Crippen molar-refractivity contribution in [2.75, 3.05) is 13.2 Å². The summed E-state index contributed by atoms with van der Waals surface area (Å²) in [7, 11) is 0. The van der Waals surface area contributed by atoms with E-state index in [9.17, 15) is 4.79 Å². The minimum Gasteiger partial charge on any atom is -0.363 e. The number of hydrogen-bond donors (Lipinski definition) is 2. The molecular weight excluding hydrogens is 324 g/mol. The second kappa shape index (κ2) is 7.27. The fourth-order valence-corrected chi connectivity index (χ4v) is 3.21. The lowest BCUT2D eigenvalue weighted by Crippen LogP contribution is -2.35. The van der Waals surface area contributed by atoms with Crippen LogP contribution >= 0.6 is 12.2 Å². The molecule has 128 valence electrons. The molecule has 6 nitrogen and oxygen atoms in total. The molecule has 1 atom stereocenters. The molecule has 0 spiro atoms. The van der Waals surface area contributed by atoms with Gasteiger partial charge in [0.25, 0.3) is 5.91 Å². The summed E-state index contributed by atoms with van der Waals surface area (Å²) in [6.07, 6.45) is 0.318. The quantitative estimate of drug-likeness (QED) is 0.816.